The first-order valence-electron chi connectivity index (χ1n) is 18.6. The largest absolute Gasteiger partial charge is 0.444 e. The van der Waals surface area contributed by atoms with Gasteiger partial charge < -0.3 is 19.3 Å². The first-order valence-corrected chi connectivity index (χ1v) is 21.8. The van der Waals surface area contributed by atoms with Crippen molar-refractivity contribution in [3.05, 3.63) is 101 Å². The van der Waals surface area contributed by atoms with Crippen molar-refractivity contribution in [1.29, 1.82) is 0 Å². The van der Waals surface area contributed by atoms with Crippen molar-refractivity contribution in [2.24, 2.45) is 0 Å². The maximum atomic E-state index is 12.4. The van der Waals surface area contributed by atoms with E-state index in [1.54, 1.807) is 28.0 Å². The Labute approximate surface area is 327 Å². The molecule has 0 unspecified atom stereocenters. The average molecular weight is 801 g/mol. The van der Waals surface area contributed by atoms with Crippen LogP contribution in [0.2, 0.25) is 0 Å². The van der Waals surface area contributed by atoms with Crippen molar-refractivity contribution >= 4 is 32.4 Å². The number of carbonyl (C=O) groups is 2. The van der Waals surface area contributed by atoms with E-state index < -0.39 is 31.4 Å². The maximum Gasteiger partial charge on any atom is 0.410 e. The van der Waals surface area contributed by atoms with E-state index in [2.05, 4.69) is 0 Å². The molecule has 55 heavy (non-hydrogen) atoms. The number of nitrogens with zero attached hydrogens (tertiary/aromatic N) is 2. The fraction of sp³-hybridized carbons (Fsp3) is 0.512. The summed E-state index contributed by atoms with van der Waals surface area (Å²) in [4.78, 5) is 28.1. The highest BCUT2D eigenvalue weighted by molar-refractivity contribution is 7.86. The van der Waals surface area contributed by atoms with E-state index >= 15 is 0 Å². The summed E-state index contributed by atoms with van der Waals surface area (Å²) in [6.45, 7) is 13.6. The maximum absolute atomic E-state index is 12.4. The molecule has 2 fully saturated rings. The van der Waals surface area contributed by atoms with Gasteiger partial charge in [0.15, 0.2) is 0 Å². The second-order valence-corrected chi connectivity index (χ2v) is 19.1. The van der Waals surface area contributed by atoms with Gasteiger partial charge in [-0.25, -0.2) is 9.59 Å². The summed E-state index contributed by atoms with van der Waals surface area (Å²) in [6, 6.07) is 23.6. The Morgan fingerprint density at radius 1 is 0.582 bits per heavy atom. The lowest BCUT2D eigenvalue weighted by atomic mass is 9.87. The standard InChI is InChI=1S/C23H29NO5S.C18H27NO5S/c1-23(2,3)29-22(25)24-15-13-18(14-16-24)21-12-8-7-9-19(21)17-28-30(26,27)20-10-5-4-6-11-20;1-18(2,3)24-17(20)19-11-9-14(10-12-19)16-8-6-5-7-15(16)13-23-25(4,21)22/h4-12,18H,13-17H2,1-3H3;5-8,14H,9-13H2,1-4H3. The van der Waals surface area contributed by atoms with Crippen LogP contribution in [0, 0.1) is 0 Å². The van der Waals surface area contributed by atoms with Crippen LogP contribution < -0.4 is 0 Å². The van der Waals surface area contributed by atoms with Crippen LogP contribution in [0.1, 0.15) is 101 Å². The van der Waals surface area contributed by atoms with Crippen LogP contribution in [-0.4, -0.2) is 82.5 Å². The molecule has 14 heteroatoms. The van der Waals surface area contributed by atoms with Gasteiger partial charge in [0.25, 0.3) is 20.2 Å². The van der Waals surface area contributed by atoms with E-state index in [1.165, 1.54) is 12.1 Å². The topological polar surface area (TPSA) is 146 Å². The Hall–Kier alpha value is -3.98. The molecule has 2 aliphatic heterocycles. The summed E-state index contributed by atoms with van der Waals surface area (Å²) in [5.41, 5.74) is 2.89. The van der Waals surface area contributed by atoms with E-state index in [-0.39, 0.29) is 42.1 Å². The van der Waals surface area contributed by atoms with Crippen LogP contribution in [0.3, 0.4) is 0 Å². The number of piperidine rings is 2. The number of hydrogen-bond acceptors (Lipinski definition) is 10. The van der Waals surface area contributed by atoms with Crippen LogP contribution in [-0.2, 0) is 51.3 Å². The fourth-order valence-electron chi connectivity index (χ4n) is 6.49. The van der Waals surface area contributed by atoms with Gasteiger partial charge in [-0.3, -0.25) is 8.37 Å². The van der Waals surface area contributed by atoms with E-state index in [4.69, 9.17) is 17.8 Å². The number of amides is 2. The molecule has 0 radical (unpaired) electrons. The Morgan fingerprint density at radius 2 is 0.945 bits per heavy atom. The Morgan fingerprint density at radius 3 is 1.33 bits per heavy atom. The molecule has 12 nitrogen and oxygen atoms in total. The predicted molar refractivity (Wildman–Crippen MR) is 210 cm³/mol. The number of likely N-dealkylation sites (tertiary alicyclic amines) is 2. The van der Waals surface area contributed by atoms with Crippen molar-refractivity contribution in [3.8, 4) is 0 Å². The molecular weight excluding hydrogens is 745 g/mol. The van der Waals surface area contributed by atoms with Gasteiger partial charge in [-0.2, -0.15) is 16.8 Å². The molecule has 2 amide bonds. The Bertz CT molecular complexity index is 1940. The lowest BCUT2D eigenvalue weighted by Gasteiger charge is -2.34. The minimum Gasteiger partial charge on any atom is -0.444 e. The molecule has 0 aliphatic carbocycles. The molecule has 2 heterocycles. The first kappa shape index (κ1) is 43.7. The molecule has 3 aromatic rings. The number of benzene rings is 3. The third-order valence-corrected chi connectivity index (χ3v) is 10.9. The van der Waals surface area contributed by atoms with Gasteiger partial charge in [-0.05, 0) is 113 Å². The molecule has 302 valence electrons. The number of ether oxygens (including phenoxy) is 2. The third kappa shape index (κ3) is 14.2. The SMILES string of the molecule is CC(C)(C)OC(=O)N1CCC(c2ccccc2COS(=O)(=O)c2ccccc2)CC1.CC(C)(C)OC(=O)N1CCC(c2ccccc2COS(C)(=O)=O)CC1. The molecule has 2 aliphatic rings. The predicted octanol–water partition coefficient (Wildman–Crippen LogP) is 7.98. The van der Waals surface area contributed by atoms with E-state index in [0.29, 0.717) is 26.2 Å². The van der Waals surface area contributed by atoms with E-state index in [9.17, 15) is 26.4 Å². The lowest BCUT2D eigenvalue weighted by Crippen LogP contribution is -2.41. The van der Waals surface area contributed by atoms with E-state index in [1.807, 2.05) is 90.1 Å². The zero-order valence-electron chi connectivity index (χ0n) is 33.0. The molecule has 0 bridgehead atoms. The van der Waals surface area contributed by atoms with Crippen molar-refractivity contribution < 1.29 is 44.3 Å². The van der Waals surface area contributed by atoms with Gasteiger partial charge >= 0.3 is 12.2 Å². The van der Waals surface area contributed by atoms with Crippen molar-refractivity contribution in [1.82, 2.24) is 9.80 Å². The molecule has 0 N–H and O–H groups in total. The number of carbonyl (C=O) groups excluding carboxylic acids is 2. The molecule has 0 saturated carbocycles. The molecule has 3 aromatic carbocycles. The van der Waals surface area contributed by atoms with Crippen molar-refractivity contribution in [2.75, 3.05) is 32.4 Å². The highest BCUT2D eigenvalue weighted by atomic mass is 32.2. The minimum absolute atomic E-state index is 0.0142. The second kappa shape index (κ2) is 18.8. The summed E-state index contributed by atoms with van der Waals surface area (Å²) < 4.78 is 68.5. The molecule has 0 aromatic heterocycles. The normalized spacial score (nSPS) is 16.2. The van der Waals surface area contributed by atoms with Gasteiger partial charge in [0, 0.05) is 26.2 Å². The summed E-state index contributed by atoms with van der Waals surface area (Å²) in [7, 11) is -7.29. The molecular formula is C41H56N2O10S2. The average Bonchev–Trinajstić information content (AvgIpc) is 3.12. The molecule has 0 spiro atoms. The molecule has 5 rings (SSSR count). The smallest absolute Gasteiger partial charge is 0.410 e. The minimum atomic E-state index is -3.81. The van der Waals surface area contributed by atoms with Crippen LogP contribution in [0.25, 0.3) is 0 Å². The lowest BCUT2D eigenvalue weighted by molar-refractivity contribution is 0.0194. The van der Waals surface area contributed by atoms with Gasteiger partial charge in [0.2, 0.25) is 0 Å². The van der Waals surface area contributed by atoms with Gasteiger partial charge in [-0.15, -0.1) is 0 Å². The monoisotopic (exact) mass is 800 g/mol. The zero-order valence-corrected chi connectivity index (χ0v) is 34.7. The third-order valence-electron chi connectivity index (χ3n) is 9.11. The Kier molecular flexibility index (Phi) is 14.9. The summed E-state index contributed by atoms with van der Waals surface area (Å²) in [6.07, 6.45) is 3.70. The highest BCUT2D eigenvalue weighted by Gasteiger charge is 2.30. The van der Waals surface area contributed by atoms with Crippen LogP contribution in [0.4, 0.5) is 9.59 Å². The molecule has 0 atom stereocenters. The Balaban J connectivity index is 0.000000249. The second-order valence-electron chi connectivity index (χ2n) is 15.9. The number of hydrogen-bond donors (Lipinski definition) is 0. The fourth-order valence-corrected chi connectivity index (χ4v) is 7.74. The summed E-state index contributed by atoms with van der Waals surface area (Å²) in [5, 5.41) is 0. The van der Waals surface area contributed by atoms with Gasteiger partial charge in [0.05, 0.1) is 24.4 Å². The molecule has 2 saturated heterocycles. The van der Waals surface area contributed by atoms with Gasteiger partial charge in [-0.1, -0.05) is 66.7 Å². The van der Waals surface area contributed by atoms with E-state index in [0.717, 1.165) is 54.2 Å². The van der Waals surface area contributed by atoms with Crippen LogP contribution in [0.5, 0.6) is 0 Å². The number of rotatable bonds is 9. The van der Waals surface area contributed by atoms with Crippen molar-refractivity contribution in [3.63, 3.8) is 0 Å². The van der Waals surface area contributed by atoms with Crippen LogP contribution >= 0.6 is 0 Å². The highest BCUT2D eigenvalue weighted by Crippen LogP contribution is 2.33. The first-order chi connectivity index (χ1) is 25.7. The van der Waals surface area contributed by atoms with Crippen LogP contribution in [0.15, 0.2) is 83.8 Å². The summed E-state index contributed by atoms with van der Waals surface area (Å²) in [5.74, 6) is 0.515. The van der Waals surface area contributed by atoms with Crippen molar-refractivity contribution in [2.45, 2.75) is 108 Å². The quantitative estimate of drug-likeness (QED) is 0.195. The van der Waals surface area contributed by atoms with Gasteiger partial charge in [0.1, 0.15) is 11.2 Å². The summed E-state index contributed by atoms with van der Waals surface area (Å²) >= 11 is 0. The zero-order chi connectivity index (χ0) is 40.4.